The highest BCUT2D eigenvalue weighted by molar-refractivity contribution is 5.93. The van der Waals surface area contributed by atoms with Crippen LogP contribution in [0.25, 0.3) is 0 Å². The lowest BCUT2D eigenvalue weighted by Crippen LogP contribution is -2.27. The van der Waals surface area contributed by atoms with Gasteiger partial charge in [-0.1, -0.05) is 26.0 Å². The van der Waals surface area contributed by atoms with E-state index in [1.54, 1.807) is 0 Å². The number of nitrogens with zero attached hydrogens (tertiary/aromatic N) is 1. The van der Waals surface area contributed by atoms with Crippen molar-refractivity contribution in [2.24, 2.45) is 5.41 Å². The van der Waals surface area contributed by atoms with Gasteiger partial charge in [0.2, 0.25) is 0 Å². The van der Waals surface area contributed by atoms with E-state index in [1.165, 1.54) is 0 Å². The maximum atomic E-state index is 11.8. The van der Waals surface area contributed by atoms with E-state index in [-0.39, 0.29) is 12.2 Å². The van der Waals surface area contributed by atoms with Crippen molar-refractivity contribution in [2.75, 3.05) is 19.0 Å². The molecule has 0 radical (unpaired) electrons. The van der Waals surface area contributed by atoms with Crippen LogP contribution in [-0.2, 0) is 16.0 Å². The Morgan fingerprint density at radius 1 is 1.22 bits per heavy atom. The molecule has 0 aliphatic heterocycles. The van der Waals surface area contributed by atoms with Gasteiger partial charge < -0.3 is 9.69 Å². The third-order valence-electron chi connectivity index (χ3n) is 3.12. The van der Waals surface area contributed by atoms with Gasteiger partial charge in [0.1, 0.15) is 12.1 Å². The van der Waals surface area contributed by atoms with Crippen molar-refractivity contribution in [2.45, 2.75) is 26.7 Å². The number of hydrogen-bond donors (Lipinski definition) is 0. The number of carbonyl (C=O) groups excluding carboxylic acids is 2. The molecule has 18 heavy (non-hydrogen) atoms. The SMILES string of the molecule is CN(C)c1ccc(CC(C)(C)C(=O)CC=O)cc1. The predicted octanol–water partition coefficient (Wildman–Crippen LogP) is 2.48. The van der Waals surface area contributed by atoms with Crippen molar-refractivity contribution in [3.8, 4) is 0 Å². The molecule has 98 valence electrons. The Bertz CT molecular complexity index is 419. The summed E-state index contributed by atoms with van der Waals surface area (Å²) in [5.74, 6) is -0.00538. The Kier molecular flexibility index (Phi) is 4.65. The molecule has 1 aromatic carbocycles. The fourth-order valence-corrected chi connectivity index (χ4v) is 1.87. The molecule has 0 atom stereocenters. The average molecular weight is 247 g/mol. The molecule has 3 nitrogen and oxygen atoms in total. The molecule has 0 aromatic heterocycles. The minimum Gasteiger partial charge on any atom is -0.378 e. The third-order valence-corrected chi connectivity index (χ3v) is 3.12. The molecule has 0 fully saturated rings. The summed E-state index contributed by atoms with van der Waals surface area (Å²) < 4.78 is 0. The molecule has 0 aliphatic rings. The number of Topliss-reactive ketones (excluding diaryl/α,β-unsaturated/α-hetero) is 1. The first-order chi connectivity index (χ1) is 8.36. The largest absolute Gasteiger partial charge is 0.378 e. The molecule has 1 rings (SSSR count). The first-order valence-corrected chi connectivity index (χ1v) is 6.10. The van der Waals surface area contributed by atoms with Gasteiger partial charge in [-0.25, -0.2) is 0 Å². The lowest BCUT2D eigenvalue weighted by molar-refractivity contribution is -0.129. The number of ketones is 1. The van der Waals surface area contributed by atoms with Crippen molar-refractivity contribution >= 4 is 17.8 Å². The maximum absolute atomic E-state index is 11.8. The maximum Gasteiger partial charge on any atom is 0.145 e. The van der Waals surface area contributed by atoms with E-state index < -0.39 is 5.41 Å². The van der Waals surface area contributed by atoms with Gasteiger partial charge in [0.15, 0.2) is 0 Å². The molecular weight excluding hydrogens is 226 g/mol. The minimum absolute atomic E-state index is 0.00276. The molecule has 0 spiro atoms. The van der Waals surface area contributed by atoms with Crippen LogP contribution >= 0.6 is 0 Å². The fourth-order valence-electron chi connectivity index (χ4n) is 1.87. The molecule has 0 saturated carbocycles. The van der Waals surface area contributed by atoms with Crippen LogP contribution in [0.2, 0.25) is 0 Å². The smallest absolute Gasteiger partial charge is 0.145 e. The van der Waals surface area contributed by atoms with Crippen molar-refractivity contribution in [1.29, 1.82) is 0 Å². The van der Waals surface area contributed by atoms with Crippen LogP contribution in [-0.4, -0.2) is 26.2 Å². The Morgan fingerprint density at radius 3 is 2.22 bits per heavy atom. The molecule has 0 unspecified atom stereocenters. The summed E-state index contributed by atoms with van der Waals surface area (Å²) >= 11 is 0. The molecule has 0 amide bonds. The number of benzene rings is 1. The molecule has 0 bridgehead atoms. The second kappa shape index (κ2) is 5.80. The van der Waals surface area contributed by atoms with Crippen LogP contribution in [0.1, 0.15) is 25.8 Å². The van der Waals surface area contributed by atoms with Crippen LogP contribution in [0, 0.1) is 5.41 Å². The highest BCUT2D eigenvalue weighted by Crippen LogP contribution is 2.25. The molecule has 0 saturated heterocycles. The van der Waals surface area contributed by atoms with Crippen LogP contribution in [0.15, 0.2) is 24.3 Å². The number of carbonyl (C=O) groups is 2. The van der Waals surface area contributed by atoms with Crippen LogP contribution in [0.3, 0.4) is 0 Å². The van der Waals surface area contributed by atoms with E-state index in [9.17, 15) is 9.59 Å². The standard InChI is InChI=1S/C15H21NO2/c1-15(2,14(18)9-10-17)11-12-5-7-13(8-6-12)16(3)4/h5-8,10H,9,11H2,1-4H3. The quantitative estimate of drug-likeness (QED) is 0.572. The molecule has 0 N–H and O–H groups in total. The lowest BCUT2D eigenvalue weighted by atomic mass is 9.80. The van der Waals surface area contributed by atoms with E-state index >= 15 is 0 Å². The second-order valence-corrected chi connectivity index (χ2v) is 5.42. The van der Waals surface area contributed by atoms with Gasteiger partial charge in [0, 0.05) is 25.2 Å². The van der Waals surface area contributed by atoms with E-state index in [0.29, 0.717) is 12.7 Å². The Balaban J connectivity index is 2.77. The average Bonchev–Trinajstić information content (AvgIpc) is 2.29. The van der Waals surface area contributed by atoms with E-state index in [4.69, 9.17) is 0 Å². The zero-order valence-corrected chi connectivity index (χ0v) is 11.6. The number of aldehydes is 1. The summed E-state index contributed by atoms with van der Waals surface area (Å²) in [5.41, 5.74) is 1.77. The van der Waals surface area contributed by atoms with Gasteiger partial charge in [-0.2, -0.15) is 0 Å². The van der Waals surface area contributed by atoms with Gasteiger partial charge in [-0.05, 0) is 24.1 Å². The highest BCUT2D eigenvalue weighted by atomic mass is 16.1. The van der Waals surface area contributed by atoms with E-state index in [0.717, 1.165) is 11.3 Å². The molecule has 1 aromatic rings. The summed E-state index contributed by atoms with van der Waals surface area (Å²) in [6.45, 7) is 3.78. The summed E-state index contributed by atoms with van der Waals surface area (Å²) in [6, 6.07) is 8.14. The van der Waals surface area contributed by atoms with Crippen molar-refractivity contribution in [3.63, 3.8) is 0 Å². The van der Waals surface area contributed by atoms with Crippen molar-refractivity contribution in [3.05, 3.63) is 29.8 Å². The zero-order valence-electron chi connectivity index (χ0n) is 11.6. The first-order valence-electron chi connectivity index (χ1n) is 6.10. The second-order valence-electron chi connectivity index (χ2n) is 5.42. The van der Waals surface area contributed by atoms with Gasteiger partial charge in [-0.3, -0.25) is 4.79 Å². The van der Waals surface area contributed by atoms with Crippen LogP contribution in [0.4, 0.5) is 5.69 Å². The summed E-state index contributed by atoms with van der Waals surface area (Å²) in [7, 11) is 3.99. The van der Waals surface area contributed by atoms with Gasteiger partial charge in [0.25, 0.3) is 0 Å². The van der Waals surface area contributed by atoms with Gasteiger partial charge in [0.05, 0.1) is 6.42 Å². The Morgan fingerprint density at radius 2 is 1.78 bits per heavy atom. The summed E-state index contributed by atoms with van der Waals surface area (Å²) in [5, 5.41) is 0. The highest BCUT2D eigenvalue weighted by Gasteiger charge is 2.26. The molecule has 3 heteroatoms. The fraction of sp³-hybridized carbons (Fsp3) is 0.467. The molecular formula is C15H21NO2. The zero-order chi connectivity index (χ0) is 13.8. The molecule has 0 aliphatic carbocycles. The van der Waals surface area contributed by atoms with Crippen LogP contribution < -0.4 is 4.90 Å². The topological polar surface area (TPSA) is 37.4 Å². The minimum atomic E-state index is -0.486. The Hall–Kier alpha value is -1.64. The van der Waals surface area contributed by atoms with E-state index in [2.05, 4.69) is 0 Å². The van der Waals surface area contributed by atoms with Gasteiger partial charge in [-0.15, -0.1) is 0 Å². The van der Waals surface area contributed by atoms with E-state index in [1.807, 2.05) is 57.1 Å². The number of hydrogen-bond acceptors (Lipinski definition) is 3. The van der Waals surface area contributed by atoms with Gasteiger partial charge >= 0.3 is 0 Å². The predicted molar refractivity (Wildman–Crippen MR) is 73.9 cm³/mol. The lowest BCUT2D eigenvalue weighted by Gasteiger charge is -2.22. The van der Waals surface area contributed by atoms with Crippen LogP contribution in [0.5, 0.6) is 0 Å². The first kappa shape index (κ1) is 14.4. The summed E-state index contributed by atoms with van der Waals surface area (Å²) in [4.78, 5) is 24.2. The third kappa shape index (κ3) is 3.69. The summed E-state index contributed by atoms with van der Waals surface area (Å²) in [6.07, 6.45) is 1.34. The van der Waals surface area contributed by atoms with Crippen molar-refractivity contribution in [1.82, 2.24) is 0 Å². The normalized spacial score (nSPS) is 11.1. The number of rotatable bonds is 6. The molecule has 0 heterocycles. The Labute approximate surface area is 109 Å². The monoisotopic (exact) mass is 247 g/mol. The van der Waals surface area contributed by atoms with Crippen molar-refractivity contribution < 1.29 is 9.59 Å². The number of anilines is 1.